The minimum atomic E-state index is 0.409. The average molecular weight is 479 g/mol. The Kier molecular flexibility index (Phi) is 6.87. The van der Waals surface area contributed by atoms with Crippen molar-refractivity contribution in [1.29, 1.82) is 0 Å². The van der Waals surface area contributed by atoms with Crippen LogP contribution in [0.5, 0.6) is 5.75 Å². The van der Waals surface area contributed by atoms with Crippen molar-refractivity contribution in [3.63, 3.8) is 0 Å². The van der Waals surface area contributed by atoms with Crippen LogP contribution in [0.25, 0.3) is 0 Å². The summed E-state index contributed by atoms with van der Waals surface area (Å²) in [6.45, 7) is 0.409. The van der Waals surface area contributed by atoms with Crippen molar-refractivity contribution >= 4 is 28.8 Å². The molecule has 172 valence electrons. The first-order valence-corrected chi connectivity index (χ1v) is 11.6. The number of imidazole rings is 1. The Hall–Kier alpha value is -4.35. The Morgan fingerprint density at radius 2 is 1.43 bits per heavy atom. The second-order valence-electron chi connectivity index (χ2n) is 7.79. The molecular formula is C29H23ClN4O. The van der Waals surface area contributed by atoms with Gasteiger partial charge in [0.25, 0.3) is 0 Å². The molecule has 0 radical (unpaired) electrons. The number of aromatic nitrogens is 2. The zero-order chi connectivity index (χ0) is 23.9. The van der Waals surface area contributed by atoms with E-state index in [4.69, 9.17) is 21.4 Å². The summed E-state index contributed by atoms with van der Waals surface area (Å²) in [5, 5.41) is 7.75. The predicted molar refractivity (Wildman–Crippen MR) is 141 cm³/mol. The number of anilines is 2. The van der Waals surface area contributed by atoms with Crippen LogP contribution < -0.4 is 9.75 Å². The van der Waals surface area contributed by atoms with Crippen molar-refractivity contribution in [1.82, 2.24) is 9.55 Å². The maximum Gasteiger partial charge on any atom is 0.169 e. The molecule has 0 aliphatic heterocycles. The first kappa shape index (κ1) is 22.4. The molecule has 4 aromatic carbocycles. The van der Waals surface area contributed by atoms with Crippen molar-refractivity contribution < 1.29 is 4.74 Å². The van der Waals surface area contributed by atoms with Gasteiger partial charge in [0.1, 0.15) is 18.7 Å². The van der Waals surface area contributed by atoms with E-state index in [0.717, 1.165) is 28.3 Å². The van der Waals surface area contributed by atoms with Crippen molar-refractivity contribution in [2.24, 2.45) is 5.10 Å². The monoisotopic (exact) mass is 478 g/mol. The molecule has 0 fully saturated rings. The van der Waals surface area contributed by atoms with Crippen LogP contribution in [-0.4, -0.2) is 15.4 Å². The molecule has 0 bridgehead atoms. The second kappa shape index (κ2) is 10.7. The fourth-order valence-corrected chi connectivity index (χ4v) is 3.77. The molecule has 0 saturated heterocycles. The van der Waals surface area contributed by atoms with E-state index < -0.39 is 0 Å². The van der Waals surface area contributed by atoms with Crippen LogP contribution in [0.4, 0.5) is 11.4 Å². The Balaban J connectivity index is 1.58. The minimum absolute atomic E-state index is 0.409. The molecule has 0 aliphatic carbocycles. The number of hydrogen-bond acceptors (Lipinski definition) is 4. The SMILES string of the molecule is Clc1ccc(COc2ccccc2C(=NN(c2ccccc2)c2ccccc2)n2ccnc2)cc1. The summed E-state index contributed by atoms with van der Waals surface area (Å²) in [5.74, 6) is 1.40. The lowest BCUT2D eigenvalue weighted by Gasteiger charge is -2.22. The van der Waals surface area contributed by atoms with Crippen LogP contribution in [0.2, 0.25) is 5.02 Å². The molecule has 0 unspecified atom stereocenters. The lowest BCUT2D eigenvalue weighted by atomic mass is 10.1. The van der Waals surface area contributed by atoms with Gasteiger partial charge in [0.15, 0.2) is 5.84 Å². The van der Waals surface area contributed by atoms with Gasteiger partial charge in [-0.25, -0.2) is 9.99 Å². The molecule has 35 heavy (non-hydrogen) atoms. The van der Waals surface area contributed by atoms with E-state index in [1.165, 1.54) is 0 Å². The minimum Gasteiger partial charge on any atom is -0.488 e. The Morgan fingerprint density at radius 3 is 2.06 bits per heavy atom. The highest BCUT2D eigenvalue weighted by molar-refractivity contribution is 6.30. The third-order valence-electron chi connectivity index (χ3n) is 5.38. The summed E-state index contributed by atoms with van der Waals surface area (Å²) >= 11 is 6.03. The number of benzene rings is 4. The highest BCUT2D eigenvalue weighted by atomic mass is 35.5. The van der Waals surface area contributed by atoms with E-state index in [9.17, 15) is 0 Å². The van der Waals surface area contributed by atoms with E-state index >= 15 is 0 Å². The molecule has 1 aromatic heterocycles. The van der Waals surface area contributed by atoms with Crippen molar-refractivity contribution in [2.75, 3.05) is 5.01 Å². The Bertz CT molecular complexity index is 1350. The van der Waals surface area contributed by atoms with Gasteiger partial charge in [-0.1, -0.05) is 72.3 Å². The van der Waals surface area contributed by atoms with E-state index in [0.29, 0.717) is 17.5 Å². The fourth-order valence-electron chi connectivity index (χ4n) is 3.65. The number of rotatable bonds is 7. The molecule has 0 aliphatic rings. The third-order valence-corrected chi connectivity index (χ3v) is 5.63. The largest absolute Gasteiger partial charge is 0.488 e. The fraction of sp³-hybridized carbons (Fsp3) is 0.0345. The Morgan fingerprint density at radius 1 is 0.800 bits per heavy atom. The van der Waals surface area contributed by atoms with Gasteiger partial charge in [-0.15, -0.1) is 5.10 Å². The molecule has 5 aromatic rings. The Labute approximate surface area is 209 Å². The summed E-state index contributed by atoms with van der Waals surface area (Å²) in [6, 6.07) is 35.7. The average Bonchev–Trinajstić information content (AvgIpc) is 3.45. The molecule has 0 atom stereocenters. The molecule has 0 spiro atoms. The standard InChI is InChI=1S/C29H23ClN4O/c30-24-17-15-23(16-18-24)21-35-28-14-8-7-13-27(28)29(33-20-19-31-22-33)32-34(25-9-3-1-4-10-25)26-11-5-2-6-12-26/h1-20,22H,21H2. The number of para-hydroxylation sites is 3. The van der Waals surface area contributed by atoms with Crippen LogP contribution in [0.1, 0.15) is 11.1 Å². The summed E-state index contributed by atoms with van der Waals surface area (Å²) in [4.78, 5) is 4.26. The lowest BCUT2D eigenvalue weighted by molar-refractivity contribution is 0.305. The number of hydrogen-bond donors (Lipinski definition) is 0. The molecule has 0 amide bonds. The number of halogens is 1. The van der Waals surface area contributed by atoms with Gasteiger partial charge in [-0.05, 0) is 54.1 Å². The van der Waals surface area contributed by atoms with Gasteiger partial charge in [-0.2, -0.15) is 0 Å². The molecule has 0 N–H and O–H groups in total. The highest BCUT2D eigenvalue weighted by Gasteiger charge is 2.17. The quantitative estimate of drug-likeness (QED) is 0.141. The number of ether oxygens (including phenoxy) is 1. The van der Waals surface area contributed by atoms with Crippen LogP contribution >= 0.6 is 11.6 Å². The second-order valence-corrected chi connectivity index (χ2v) is 8.22. The highest BCUT2D eigenvalue weighted by Crippen LogP contribution is 2.28. The third kappa shape index (κ3) is 5.42. The predicted octanol–water partition coefficient (Wildman–Crippen LogP) is 7.16. The van der Waals surface area contributed by atoms with E-state index in [1.807, 2.05) is 125 Å². The van der Waals surface area contributed by atoms with Crippen molar-refractivity contribution in [3.05, 3.63) is 144 Å². The van der Waals surface area contributed by atoms with Crippen LogP contribution in [0.15, 0.2) is 133 Å². The van der Waals surface area contributed by atoms with Gasteiger partial charge in [0.2, 0.25) is 0 Å². The molecule has 0 saturated carbocycles. The molecule has 6 heteroatoms. The van der Waals surface area contributed by atoms with Crippen LogP contribution in [0.3, 0.4) is 0 Å². The first-order valence-electron chi connectivity index (χ1n) is 11.2. The van der Waals surface area contributed by atoms with Crippen LogP contribution in [-0.2, 0) is 6.61 Å². The van der Waals surface area contributed by atoms with E-state index in [2.05, 4.69) is 4.98 Å². The lowest BCUT2D eigenvalue weighted by Crippen LogP contribution is -2.20. The smallest absolute Gasteiger partial charge is 0.169 e. The van der Waals surface area contributed by atoms with Gasteiger partial charge in [0.05, 0.1) is 16.9 Å². The maximum atomic E-state index is 6.26. The summed E-state index contributed by atoms with van der Waals surface area (Å²) < 4.78 is 8.15. The normalized spacial score (nSPS) is 11.3. The first-order chi connectivity index (χ1) is 17.3. The summed E-state index contributed by atoms with van der Waals surface area (Å²) in [5.41, 5.74) is 3.75. The topological polar surface area (TPSA) is 42.6 Å². The van der Waals surface area contributed by atoms with Gasteiger partial charge in [-0.3, -0.25) is 4.57 Å². The van der Waals surface area contributed by atoms with Crippen molar-refractivity contribution in [2.45, 2.75) is 6.61 Å². The van der Waals surface area contributed by atoms with E-state index in [-0.39, 0.29) is 0 Å². The zero-order valence-corrected chi connectivity index (χ0v) is 19.7. The van der Waals surface area contributed by atoms with Crippen molar-refractivity contribution in [3.8, 4) is 5.75 Å². The molecule has 5 rings (SSSR count). The summed E-state index contributed by atoms with van der Waals surface area (Å²) in [6.07, 6.45) is 5.36. The number of hydrazone groups is 1. The zero-order valence-electron chi connectivity index (χ0n) is 18.9. The molecule has 5 nitrogen and oxygen atoms in total. The van der Waals surface area contributed by atoms with Gasteiger partial charge >= 0.3 is 0 Å². The van der Waals surface area contributed by atoms with Crippen LogP contribution in [0, 0.1) is 0 Å². The maximum absolute atomic E-state index is 6.26. The summed E-state index contributed by atoms with van der Waals surface area (Å²) in [7, 11) is 0. The molecule has 1 heterocycles. The van der Waals surface area contributed by atoms with Gasteiger partial charge < -0.3 is 4.74 Å². The van der Waals surface area contributed by atoms with Gasteiger partial charge in [0, 0.05) is 17.4 Å². The van der Waals surface area contributed by atoms with E-state index in [1.54, 1.807) is 12.5 Å². The number of nitrogens with zero attached hydrogens (tertiary/aromatic N) is 4. The molecular weight excluding hydrogens is 456 g/mol.